The molecular formula is C20H27N3O6S2. The topological polar surface area (TPSA) is 113 Å². The fraction of sp³-hybridized carbons (Fsp3) is 0.350. The van der Waals surface area contributed by atoms with Crippen LogP contribution in [0.5, 0.6) is 0 Å². The maximum Gasteiger partial charge on any atom is 0.243 e. The Morgan fingerprint density at radius 1 is 0.935 bits per heavy atom. The van der Waals surface area contributed by atoms with E-state index in [1.807, 2.05) is 19.1 Å². The normalized spacial score (nSPS) is 12.3. The monoisotopic (exact) mass is 469 g/mol. The van der Waals surface area contributed by atoms with Gasteiger partial charge < -0.3 is 10.1 Å². The van der Waals surface area contributed by atoms with Crippen LogP contribution in [0.25, 0.3) is 0 Å². The number of aryl methyl sites for hydroxylation is 1. The van der Waals surface area contributed by atoms with Crippen molar-refractivity contribution < 1.29 is 26.4 Å². The molecule has 0 radical (unpaired) electrons. The van der Waals surface area contributed by atoms with Gasteiger partial charge in [0.2, 0.25) is 26.0 Å². The number of hydrogen-bond donors (Lipinski definition) is 1. The van der Waals surface area contributed by atoms with Crippen LogP contribution in [0.4, 0.5) is 5.69 Å². The number of sulfonamides is 2. The number of methoxy groups -OCH3 is 1. The van der Waals surface area contributed by atoms with Crippen LogP contribution in [0.3, 0.4) is 0 Å². The molecule has 31 heavy (non-hydrogen) atoms. The summed E-state index contributed by atoms with van der Waals surface area (Å²) in [6, 6.07) is 12.0. The molecule has 0 bridgehead atoms. The number of anilines is 1. The summed E-state index contributed by atoms with van der Waals surface area (Å²) in [6.45, 7) is 1.46. The van der Waals surface area contributed by atoms with Crippen molar-refractivity contribution in [3.05, 3.63) is 54.1 Å². The van der Waals surface area contributed by atoms with E-state index in [1.54, 1.807) is 12.1 Å². The molecule has 170 valence electrons. The highest BCUT2D eigenvalue weighted by molar-refractivity contribution is 7.89. The SMILES string of the molecule is COCCN(CC(=O)Nc1ccccc1C)S(=O)(=O)c1ccc(S(=O)(=O)N(C)C)cc1. The third kappa shape index (κ3) is 6.11. The molecule has 0 aliphatic rings. The van der Waals surface area contributed by atoms with Gasteiger partial charge in [0.1, 0.15) is 0 Å². The number of nitrogens with one attached hydrogen (secondary N) is 1. The molecule has 9 nitrogen and oxygen atoms in total. The van der Waals surface area contributed by atoms with Gasteiger partial charge in [0.25, 0.3) is 0 Å². The molecule has 0 unspecified atom stereocenters. The third-order valence-electron chi connectivity index (χ3n) is 4.52. The first-order valence-electron chi connectivity index (χ1n) is 9.37. The fourth-order valence-corrected chi connectivity index (χ4v) is 4.97. The van der Waals surface area contributed by atoms with E-state index in [9.17, 15) is 21.6 Å². The largest absolute Gasteiger partial charge is 0.383 e. The zero-order chi connectivity index (χ0) is 23.2. The Balaban J connectivity index is 2.27. The highest BCUT2D eigenvalue weighted by atomic mass is 32.2. The number of nitrogens with zero attached hydrogens (tertiary/aromatic N) is 2. The lowest BCUT2D eigenvalue weighted by atomic mass is 10.2. The minimum Gasteiger partial charge on any atom is -0.383 e. The Hall–Kier alpha value is -2.31. The van der Waals surface area contributed by atoms with Crippen molar-refractivity contribution in [3.63, 3.8) is 0 Å². The van der Waals surface area contributed by atoms with Gasteiger partial charge in [0, 0.05) is 33.4 Å². The Labute approximate surface area is 183 Å². The van der Waals surface area contributed by atoms with Crippen molar-refractivity contribution >= 4 is 31.6 Å². The summed E-state index contributed by atoms with van der Waals surface area (Å²) in [6.07, 6.45) is 0. The first-order chi connectivity index (χ1) is 14.5. The van der Waals surface area contributed by atoms with Crippen LogP contribution in [0, 0.1) is 6.92 Å². The number of ether oxygens (including phenoxy) is 1. The van der Waals surface area contributed by atoms with Gasteiger partial charge in [-0.2, -0.15) is 4.31 Å². The highest BCUT2D eigenvalue weighted by Gasteiger charge is 2.27. The van der Waals surface area contributed by atoms with E-state index >= 15 is 0 Å². The molecule has 0 aromatic heterocycles. The van der Waals surface area contributed by atoms with E-state index in [2.05, 4.69) is 5.32 Å². The molecule has 0 spiro atoms. The number of benzene rings is 2. The number of carbonyl (C=O) groups excluding carboxylic acids is 1. The van der Waals surface area contributed by atoms with Crippen molar-refractivity contribution in [1.82, 2.24) is 8.61 Å². The summed E-state index contributed by atoms with van der Waals surface area (Å²) in [7, 11) is -3.55. The van der Waals surface area contributed by atoms with Gasteiger partial charge in [0.05, 0.1) is 22.9 Å². The third-order valence-corrected chi connectivity index (χ3v) is 8.21. The quantitative estimate of drug-likeness (QED) is 0.565. The molecule has 2 rings (SSSR count). The van der Waals surface area contributed by atoms with Gasteiger partial charge in [-0.15, -0.1) is 0 Å². The molecular weight excluding hydrogens is 442 g/mol. The molecule has 0 heterocycles. The molecule has 0 fully saturated rings. The zero-order valence-corrected chi connectivity index (χ0v) is 19.5. The molecule has 11 heteroatoms. The van der Waals surface area contributed by atoms with Crippen molar-refractivity contribution in [2.45, 2.75) is 16.7 Å². The second kappa shape index (κ2) is 10.3. The predicted molar refractivity (Wildman–Crippen MR) is 118 cm³/mol. The molecule has 0 aliphatic carbocycles. The number of rotatable bonds is 10. The Morgan fingerprint density at radius 2 is 1.48 bits per heavy atom. The maximum absolute atomic E-state index is 13.1. The smallest absolute Gasteiger partial charge is 0.243 e. The number of para-hydroxylation sites is 1. The summed E-state index contributed by atoms with van der Waals surface area (Å²) in [5.74, 6) is -0.499. The molecule has 1 amide bonds. The average molecular weight is 470 g/mol. The molecule has 2 aromatic rings. The summed E-state index contributed by atoms with van der Waals surface area (Å²) in [5, 5.41) is 2.71. The molecule has 0 aliphatic heterocycles. The average Bonchev–Trinajstić information content (AvgIpc) is 2.72. The van der Waals surface area contributed by atoms with Crippen LogP contribution in [0.15, 0.2) is 58.3 Å². The minimum atomic E-state index is -4.07. The van der Waals surface area contributed by atoms with E-state index in [0.717, 1.165) is 14.2 Å². The number of amides is 1. The van der Waals surface area contributed by atoms with Crippen LogP contribution in [0.2, 0.25) is 0 Å². The van der Waals surface area contributed by atoms with Crippen molar-refractivity contribution in [2.24, 2.45) is 0 Å². The van der Waals surface area contributed by atoms with E-state index in [0.29, 0.717) is 5.69 Å². The van der Waals surface area contributed by atoms with Gasteiger partial charge >= 0.3 is 0 Å². The zero-order valence-electron chi connectivity index (χ0n) is 17.9. The minimum absolute atomic E-state index is 0.0304. The van der Waals surface area contributed by atoms with Gasteiger partial charge in [-0.05, 0) is 42.8 Å². The van der Waals surface area contributed by atoms with Gasteiger partial charge in [0.15, 0.2) is 0 Å². The molecule has 0 atom stereocenters. The van der Waals surface area contributed by atoms with Crippen LogP contribution in [-0.4, -0.2) is 72.3 Å². The fourth-order valence-electron chi connectivity index (χ4n) is 2.68. The molecule has 0 saturated heterocycles. The van der Waals surface area contributed by atoms with Crippen molar-refractivity contribution in [3.8, 4) is 0 Å². The van der Waals surface area contributed by atoms with Crippen LogP contribution < -0.4 is 5.32 Å². The predicted octanol–water partition coefficient (Wildman–Crippen LogP) is 1.52. The highest BCUT2D eigenvalue weighted by Crippen LogP contribution is 2.20. The Morgan fingerprint density at radius 3 is 2.00 bits per heavy atom. The number of carbonyl (C=O) groups is 1. The standard InChI is InChI=1S/C20H27N3O6S2/c1-16-7-5-6-8-19(16)21-20(24)15-23(13-14-29-4)31(27,28)18-11-9-17(10-12-18)30(25,26)22(2)3/h5-12H,13-15H2,1-4H3,(H,21,24). The number of hydrogen-bond acceptors (Lipinski definition) is 6. The Bertz CT molecular complexity index is 1110. The summed E-state index contributed by atoms with van der Waals surface area (Å²) in [4.78, 5) is 12.4. The van der Waals surface area contributed by atoms with Crippen LogP contribution >= 0.6 is 0 Å². The van der Waals surface area contributed by atoms with E-state index in [1.165, 1.54) is 45.5 Å². The van der Waals surface area contributed by atoms with E-state index in [4.69, 9.17) is 4.74 Å². The lowest BCUT2D eigenvalue weighted by Crippen LogP contribution is -2.40. The summed E-state index contributed by atoms with van der Waals surface area (Å²) >= 11 is 0. The molecule has 1 N–H and O–H groups in total. The van der Waals surface area contributed by atoms with Gasteiger partial charge in [-0.25, -0.2) is 21.1 Å². The first-order valence-corrected chi connectivity index (χ1v) is 12.3. The van der Waals surface area contributed by atoms with Gasteiger partial charge in [-0.1, -0.05) is 18.2 Å². The summed E-state index contributed by atoms with van der Waals surface area (Å²) < 4.78 is 57.7. The van der Waals surface area contributed by atoms with Crippen LogP contribution in [-0.2, 0) is 29.6 Å². The van der Waals surface area contributed by atoms with Crippen molar-refractivity contribution in [1.29, 1.82) is 0 Å². The van der Waals surface area contributed by atoms with Crippen molar-refractivity contribution in [2.75, 3.05) is 46.2 Å². The lowest BCUT2D eigenvalue weighted by molar-refractivity contribution is -0.116. The second-order valence-electron chi connectivity index (χ2n) is 6.95. The van der Waals surface area contributed by atoms with E-state index < -0.39 is 32.5 Å². The lowest BCUT2D eigenvalue weighted by Gasteiger charge is -2.22. The van der Waals surface area contributed by atoms with E-state index in [-0.39, 0.29) is 22.9 Å². The first kappa shape index (κ1) is 25.0. The second-order valence-corrected chi connectivity index (χ2v) is 11.0. The Kier molecular flexibility index (Phi) is 8.32. The van der Waals surface area contributed by atoms with Gasteiger partial charge in [-0.3, -0.25) is 4.79 Å². The van der Waals surface area contributed by atoms with Crippen LogP contribution in [0.1, 0.15) is 5.56 Å². The molecule has 0 saturated carbocycles. The maximum atomic E-state index is 13.1. The summed E-state index contributed by atoms with van der Waals surface area (Å²) in [5.41, 5.74) is 1.44. The molecule has 2 aromatic carbocycles.